The fourth-order valence-electron chi connectivity index (χ4n) is 3.34. The van der Waals surface area contributed by atoms with Gasteiger partial charge in [-0.05, 0) is 61.7 Å². The van der Waals surface area contributed by atoms with Gasteiger partial charge in [0, 0.05) is 6.04 Å². The van der Waals surface area contributed by atoms with Gasteiger partial charge in [-0.2, -0.15) is 0 Å². The average molecular weight is 269 g/mol. The zero-order valence-electron chi connectivity index (χ0n) is 12.0. The molecule has 0 aromatic heterocycles. The molecular formula is C18H20FN. The van der Waals surface area contributed by atoms with Crippen LogP contribution >= 0.6 is 0 Å². The molecule has 0 saturated heterocycles. The number of nitrogens with zero attached hydrogens (tertiary/aromatic N) is 1. The third-order valence-corrected chi connectivity index (χ3v) is 4.30. The molecule has 0 saturated carbocycles. The molecule has 1 aliphatic rings. The highest BCUT2D eigenvalue weighted by Crippen LogP contribution is 2.43. The Hall–Kier alpha value is -1.67. The van der Waals surface area contributed by atoms with E-state index in [9.17, 15) is 4.39 Å². The van der Waals surface area contributed by atoms with Crippen LogP contribution in [0.5, 0.6) is 0 Å². The largest absolute Gasteiger partial charge is 0.302 e. The van der Waals surface area contributed by atoms with Crippen LogP contribution < -0.4 is 0 Å². The summed E-state index contributed by atoms with van der Waals surface area (Å²) in [6.07, 6.45) is 2.03. The summed E-state index contributed by atoms with van der Waals surface area (Å²) >= 11 is 0. The molecule has 0 unspecified atom stereocenters. The number of hydrogen-bond donors (Lipinski definition) is 0. The minimum Gasteiger partial charge on any atom is -0.302 e. The summed E-state index contributed by atoms with van der Waals surface area (Å²) < 4.78 is 13.3. The molecule has 0 heterocycles. The molecule has 2 aromatic carbocycles. The van der Waals surface area contributed by atoms with Gasteiger partial charge in [-0.15, -0.1) is 0 Å². The first-order valence-electron chi connectivity index (χ1n) is 7.15. The van der Waals surface area contributed by atoms with Gasteiger partial charge < -0.3 is 4.90 Å². The standard InChI is InChI=1S/C18H20FN/c1-20(2)18-12-14(16-8-3-4-9-17(16)18)10-13-6-5-7-15(19)11-13/h3-9,11,14,18H,10,12H2,1-2H3/t14-,18-/m1/s1. The van der Waals surface area contributed by atoms with Crippen molar-refractivity contribution in [2.45, 2.75) is 24.8 Å². The van der Waals surface area contributed by atoms with E-state index in [4.69, 9.17) is 0 Å². The van der Waals surface area contributed by atoms with Crippen LogP contribution in [0.3, 0.4) is 0 Å². The second kappa shape index (κ2) is 5.37. The third kappa shape index (κ3) is 2.48. The smallest absolute Gasteiger partial charge is 0.123 e. The van der Waals surface area contributed by atoms with Crippen LogP contribution in [0.4, 0.5) is 4.39 Å². The van der Waals surface area contributed by atoms with Crippen molar-refractivity contribution in [1.29, 1.82) is 0 Å². The van der Waals surface area contributed by atoms with Gasteiger partial charge in [-0.3, -0.25) is 0 Å². The zero-order chi connectivity index (χ0) is 14.1. The maximum absolute atomic E-state index is 13.3. The fourth-order valence-corrected chi connectivity index (χ4v) is 3.34. The van der Waals surface area contributed by atoms with Gasteiger partial charge in [0.2, 0.25) is 0 Å². The lowest BCUT2D eigenvalue weighted by Crippen LogP contribution is -2.17. The van der Waals surface area contributed by atoms with Crippen molar-refractivity contribution >= 4 is 0 Å². The van der Waals surface area contributed by atoms with Crippen molar-refractivity contribution in [2.24, 2.45) is 0 Å². The Morgan fingerprint density at radius 2 is 1.80 bits per heavy atom. The molecule has 2 heteroatoms. The molecule has 0 aliphatic heterocycles. The van der Waals surface area contributed by atoms with E-state index >= 15 is 0 Å². The first kappa shape index (κ1) is 13.3. The van der Waals surface area contributed by atoms with E-state index < -0.39 is 0 Å². The molecule has 2 aromatic rings. The van der Waals surface area contributed by atoms with E-state index in [0.29, 0.717) is 12.0 Å². The topological polar surface area (TPSA) is 3.24 Å². The summed E-state index contributed by atoms with van der Waals surface area (Å²) in [5.74, 6) is 0.346. The predicted octanol–water partition coefficient (Wildman–Crippen LogP) is 4.16. The number of rotatable bonds is 3. The molecule has 3 rings (SSSR count). The zero-order valence-corrected chi connectivity index (χ0v) is 12.0. The van der Waals surface area contributed by atoms with Crippen LogP contribution in [-0.2, 0) is 6.42 Å². The fraction of sp³-hybridized carbons (Fsp3) is 0.333. The van der Waals surface area contributed by atoms with Crippen molar-refractivity contribution < 1.29 is 4.39 Å². The summed E-state index contributed by atoms with van der Waals surface area (Å²) in [5, 5.41) is 0. The summed E-state index contributed by atoms with van der Waals surface area (Å²) in [4.78, 5) is 2.28. The van der Waals surface area contributed by atoms with Crippen molar-refractivity contribution in [3.63, 3.8) is 0 Å². The molecule has 0 bridgehead atoms. The van der Waals surface area contributed by atoms with E-state index in [2.05, 4.69) is 43.3 Å². The van der Waals surface area contributed by atoms with Crippen LogP contribution in [-0.4, -0.2) is 19.0 Å². The van der Waals surface area contributed by atoms with Crippen molar-refractivity contribution in [1.82, 2.24) is 4.90 Å². The first-order chi connectivity index (χ1) is 9.65. The molecule has 2 atom stereocenters. The normalized spacial score (nSPS) is 21.2. The van der Waals surface area contributed by atoms with Gasteiger partial charge in [-0.25, -0.2) is 4.39 Å². The molecule has 0 fully saturated rings. The lowest BCUT2D eigenvalue weighted by molar-refractivity contribution is 0.288. The Bertz CT molecular complexity index is 606. The van der Waals surface area contributed by atoms with E-state index in [-0.39, 0.29) is 5.82 Å². The average Bonchev–Trinajstić information content (AvgIpc) is 2.78. The van der Waals surface area contributed by atoms with E-state index in [1.54, 1.807) is 12.1 Å². The molecule has 0 amide bonds. The second-order valence-corrected chi connectivity index (χ2v) is 5.87. The van der Waals surface area contributed by atoms with Gasteiger partial charge in [0.15, 0.2) is 0 Å². The Kier molecular flexibility index (Phi) is 3.58. The molecular weight excluding hydrogens is 249 g/mol. The Balaban J connectivity index is 1.88. The lowest BCUT2D eigenvalue weighted by Gasteiger charge is -2.20. The minimum atomic E-state index is -0.141. The Morgan fingerprint density at radius 3 is 2.50 bits per heavy atom. The molecule has 1 nitrogen and oxygen atoms in total. The highest BCUT2D eigenvalue weighted by molar-refractivity contribution is 5.39. The summed E-state index contributed by atoms with van der Waals surface area (Å²) in [5.41, 5.74) is 3.94. The molecule has 0 N–H and O–H groups in total. The Morgan fingerprint density at radius 1 is 1.05 bits per heavy atom. The van der Waals surface area contributed by atoms with E-state index in [1.165, 1.54) is 17.2 Å². The summed E-state index contributed by atoms with van der Waals surface area (Å²) in [6.45, 7) is 0. The summed E-state index contributed by atoms with van der Waals surface area (Å²) in [6, 6.07) is 16.1. The maximum atomic E-state index is 13.3. The lowest BCUT2D eigenvalue weighted by atomic mass is 9.93. The van der Waals surface area contributed by atoms with Crippen molar-refractivity contribution in [3.05, 3.63) is 71.0 Å². The van der Waals surface area contributed by atoms with Crippen LogP contribution in [0.2, 0.25) is 0 Å². The molecule has 20 heavy (non-hydrogen) atoms. The van der Waals surface area contributed by atoms with Crippen molar-refractivity contribution in [2.75, 3.05) is 14.1 Å². The maximum Gasteiger partial charge on any atom is 0.123 e. The van der Waals surface area contributed by atoms with Gasteiger partial charge >= 0.3 is 0 Å². The van der Waals surface area contributed by atoms with Crippen LogP contribution in [0.25, 0.3) is 0 Å². The first-order valence-corrected chi connectivity index (χ1v) is 7.15. The molecule has 0 spiro atoms. The van der Waals surface area contributed by atoms with E-state index in [1.807, 2.05) is 6.07 Å². The van der Waals surface area contributed by atoms with Crippen LogP contribution in [0.15, 0.2) is 48.5 Å². The third-order valence-electron chi connectivity index (χ3n) is 4.30. The number of halogens is 1. The highest BCUT2D eigenvalue weighted by Gasteiger charge is 2.31. The van der Waals surface area contributed by atoms with Gasteiger partial charge in [0.05, 0.1) is 0 Å². The van der Waals surface area contributed by atoms with Gasteiger partial charge in [-0.1, -0.05) is 36.4 Å². The monoisotopic (exact) mass is 269 g/mol. The van der Waals surface area contributed by atoms with Crippen LogP contribution in [0.1, 0.15) is 35.1 Å². The molecule has 0 radical (unpaired) electrons. The second-order valence-electron chi connectivity index (χ2n) is 5.87. The molecule has 104 valence electrons. The van der Waals surface area contributed by atoms with Gasteiger partial charge in [0.1, 0.15) is 5.82 Å². The highest BCUT2D eigenvalue weighted by atomic mass is 19.1. The Labute approximate surface area is 120 Å². The number of hydrogen-bond acceptors (Lipinski definition) is 1. The number of fused-ring (bicyclic) bond motifs is 1. The number of benzene rings is 2. The van der Waals surface area contributed by atoms with Crippen molar-refractivity contribution in [3.8, 4) is 0 Å². The van der Waals surface area contributed by atoms with Gasteiger partial charge in [0.25, 0.3) is 0 Å². The summed E-state index contributed by atoms with van der Waals surface area (Å²) in [7, 11) is 4.26. The quantitative estimate of drug-likeness (QED) is 0.808. The minimum absolute atomic E-state index is 0.141. The van der Waals surface area contributed by atoms with E-state index in [0.717, 1.165) is 18.4 Å². The van der Waals surface area contributed by atoms with Crippen LogP contribution in [0, 0.1) is 5.82 Å². The molecule has 1 aliphatic carbocycles. The SMILES string of the molecule is CN(C)[C@@H]1C[C@@H](Cc2cccc(F)c2)c2ccccc21. The predicted molar refractivity (Wildman–Crippen MR) is 80.3 cm³/mol.